The average Bonchev–Trinajstić information content (AvgIpc) is 3.31. The van der Waals surface area contributed by atoms with Crippen molar-refractivity contribution in [3.63, 3.8) is 0 Å². The van der Waals surface area contributed by atoms with Crippen LogP contribution in [0.15, 0.2) is 42.5 Å². The zero-order chi connectivity index (χ0) is 22.7. The van der Waals surface area contributed by atoms with Crippen LogP contribution >= 0.6 is 0 Å². The van der Waals surface area contributed by atoms with Crippen molar-refractivity contribution in [2.75, 3.05) is 13.2 Å². The largest absolute Gasteiger partial charge is 0.484 e. The van der Waals surface area contributed by atoms with E-state index in [9.17, 15) is 9.59 Å². The summed E-state index contributed by atoms with van der Waals surface area (Å²) in [5, 5.41) is 2.85. The topological polar surface area (TPSA) is 58.6 Å². The average molecular weight is 435 g/mol. The van der Waals surface area contributed by atoms with Crippen LogP contribution in [0.25, 0.3) is 0 Å². The van der Waals surface area contributed by atoms with E-state index in [0.29, 0.717) is 5.75 Å². The van der Waals surface area contributed by atoms with E-state index in [1.54, 1.807) is 0 Å². The first-order valence-corrected chi connectivity index (χ1v) is 11.8. The van der Waals surface area contributed by atoms with Crippen LogP contribution in [0.4, 0.5) is 0 Å². The van der Waals surface area contributed by atoms with Gasteiger partial charge in [0, 0.05) is 18.5 Å². The second-order valence-corrected chi connectivity index (χ2v) is 9.45. The highest BCUT2D eigenvalue weighted by molar-refractivity contribution is 5.80. The van der Waals surface area contributed by atoms with Gasteiger partial charge in [0.2, 0.25) is 5.91 Å². The Labute approximate surface area is 191 Å². The van der Waals surface area contributed by atoms with Gasteiger partial charge in [-0.05, 0) is 68.9 Å². The number of fused-ring (bicyclic) bond motifs is 1. The van der Waals surface area contributed by atoms with E-state index in [2.05, 4.69) is 47.5 Å². The Morgan fingerprint density at radius 1 is 1.09 bits per heavy atom. The van der Waals surface area contributed by atoms with Crippen molar-refractivity contribution in [2.24, 2.45) is 5.92 Å². The fourth-order valence-corrected chi connectivity index (χ4v) is 4.95. The molecule has 1 N–H and O–H groups in total. The van der Waals surface area contributed by atoms with Gasteiger partial charge in [0.15, 0.2) is 6.61 Å². The van der Waals surface area contributed by atoms with E-state index in [-0.39, 0.29) is 36.4 Å². The van der Waals surface area contributed by atoms with E-state index in [0.717, 1.165) is 49.8 Å². The maximum Gasteiger partial charge on any atom is 0.258 e. The lowest BCUT2D eigenvalue weighted by atomic mass is 9.86. The number of benzene rings is 2. The molecule has 2 aliphatic rings. The van der Waals surface area contributed by atoms with Gasteiger partial charge in [0.25, 0.3) is 5.91 Å². The smallest absolute Gasteiger partial charge is 0.258 e. The van der Waals surface area contributed by atoms with E-state index in [1.165, 1.54) is 11.1 Å². The van der Waals surface area contributed by atoms with Crippen LogP contribution in [0.3, 0.4) is 0 Å². The highest BCUT2D eigenvalue weighted by atomic mass is 16.5. The van der Waals surface area contributed by atoms with Gasteiger partial charge >= 0.3 is 0 Å². The van der Waals surface area contributed by atoms with Gasteiger partial charge in [0.1, 0.15) is 5.75 Å². The summed E-state index contributed by atoms with van der Waals surface area (Å²) in [6.07, 6.45) is 5.12. The molecule has 2 amide bonds. The summed E-state index contributed by atoms with van der Waals surface area (Å²) in [6, 6.07) is 14.5. The van der Waals surface area contributed by atoms with Crippen molar-refractivity contribution in [3.8, 4) is 5.75 Å². The molecule has 0 radical (unpaired) electrons. The SMILES string of the molecule is Cc1ccc([C@@H]2c3cc(OCC(=O)NC(C)C)ccc3CCN2C(=O)C2CCCC2)cc1. The minimum Gasteiger partial charge on any atom is -0.484 e. The highest BCUT2D eigenvalue weighted by Gasteiger charge is 2.36. The molecule has 1 aliphatic carbocycles. The minimum atomic E-state index is -0.133. The van der Waals surface area contributed by atoms with Gasteiger partial charge in [0.05, 0.1) is 6.04 Å². The number of carbonyl (C=O) groups excluding carboxylic acids is 2. The number of hydrogen-bond acceptors (Lipinski definition) is 3. The van der Waals surface area contributed by atoms with Crippen LogP contribution in [0.5, 0.6) is 5.75 Å². The first-order valence-electron chi connectivity index (χ1n) is 11.8. The van der Waals surface area contributed by atoms with Crippen molar-refractivity contribution < 1.29 is 14.3 Å². The molecule has 1 heterocycles. The van der Waals surface area contributed by atoms with Gasteiger partial charge in [-0.15, -0.1) is 0 Å². The molecule has 4 rings (SSSR count). The number of nitrogens with one attached hydrogen (secondary N) is 1. The van der Waals surface area contributed by atoms with Crippen LogP contribution in [-0.4, -0.2) is 35.9 Å². The highest BCUT2D eigenvalue weighted by Crippen LogP contribution is 2.39. The quantitative estimate of drug-likeness (QED) is 0.725. The minimum absolute atomic E-state index is 0.0170. The summed E-state index contributed by atoms with van der Waals surface area (Å²) in [5.74, 6) is 0.950. The van der Waals surface area contributed by atoms with Crippen molar-refractivity contribution in [1.29, 1.82) is 0 Å². The molecule has 0 spiro atoms. The lowest BCUT2D eigenvalue weighted by Crippen LogP contribution is -2.43. The number of rotatable bonds is 6. The summed E-state index contributed by atoms with van der Waals surface area (Å²) < 4.78 is 5.82. The van der Waals surface area contributed by atoms with E-state index < -0.39 is 0 Å². The maximum atomic E-state index is 13.5. The molecule has 2 aromatic rings. The van der Waals surface area contributed by atoms with Crippen LogP contribution in [0, 0.1) is 12.8 Å². The molecule has 0 bridgehead atoms. The standard InChI is InChI=1S/C27H34N2O3/c1-18(2)28-25(30)17-32-23-13-12-20-14-15-29(27(31)22-6-4-5-7-22)26(24(20)16-23)21-10-8-19(3)9-11-21/h8-13,16,18,22,26H,4-7,14-15,17H2,1-3H3,(H,28,30)/t26-/m1/s1. The molecule has 1 saturated carbocycles. The van der Waals surface area contributed by atoms with Crippen LogP contribution in [0.1, 0.15) is 67.8 Å². The van der Waals surface area contributed by atoms with Crippen molar-refractivity contribution >= 4 is 11.8 Å². The third kappa shape index (κ3) is 4.98. The van der Waals surface area contributed by atoms with Gasteiger partial charge < -0.3 is 15.0 Å². The number of ether oxygens (including phenoxy) is 1. The Hall–Kier alpha value is -2.82. The summed E-state index contributed by atoms with van der Waals surface area (Å²) in [5.41, 5.74) is 4.67. The van der Waals surface area contributed by atoms with Crippen LogP contribution in [-0.2, 0) is 16.0 Å². The fourth-order valence-electron chi connectivity index (χ4n) is 4.95. The molecule has 1 aliphatic heterocycles. The molecule has 0 saturated heterocycles. The molecular weight excluding hydrogens is 400 g/mol. The third-order valence-electron chi connectivity index (χ3n) is 6.55. The molecular formula is C27H34N2O3. The van der Waals surface area contributed by atoms with Crippen molar-refractivity contribution in [1.82, 2.24) is 10.2 Å². The molecule has 5 nitrogen and oxygen atoms in total. The van der Waals surface area contributed by atoms with Gasteiger partial charge in [-0.1, -0.05) is 48.7 Å². The van der Waals surface area contributed by atoms with Gasteiger partial charge in [-0.3, -0.25) is 9.59 Å². The predicted molar refractivity (Wildman–Crippen MR) is 126 cm³/mol. The predicted octanol–water partition coefficient (Wildman–Crippen LogP) is 4.56. The van der Waals surface area contributed by atoms with Crippen molar-refractivity contribution in [2.45, 2.75) is 65.0 Å². The first kappa shape index (κ1) is 22.4. The van der Waals surface area contributed by atoms with Gasteiger partial charge in [-0.2, -0.15) is 0 Å². The summed E-state index contributed by atoms with van der Waals surface area (Å²) in [4.78, 5) is 27.6. The van der Waals surface area contributed by atoms with Crippen LogP contribution in [0.2, 0.25) is 0 Å². The summed E-state index contributed by atoms with van der Waals surface area (Å²) in [6.45, 7) is 6.65. The molecule has 0 aromatic heterocycles. The number of carbonyl (C=O) groups is 2. The van der Waals surface area contributed by atoms with Crippen molar-refractivity contribution in [3.05, 3.63) is 64.7 Å². The Kier molecular flexibility index (Phi) is 6.83. The second kappa shape index (κ2) is 9.76. The molecule has 32 heavy (non-hydrogen) atoms. The Bertz CT molecular complexity index is 961. The zero-order valence-corrected chi connectivity index (χ0v) is 19.4. The number of amides is 2. The molecule has 1 atom stereocenters. The lowest BCUT2D eigenvalue weighted by molar-refractivity contribution is -0.137. The second-order valence-electron chi connectivity index (χ2n) is 9.45. The number of nitrogens with zero attached hydrogens (tertiary/aromatic N) is 1. The number of hydrogen-bond donors (Lipinski definition) is 1. The monoisotopic (exact) mass is 434 g/mol. The zero-order valence-electron chi connectivity index (χ0n) is 19.4. The maximum absolute atomic E-state index is 13.5. The van der Waals surface area contributed by atoms with Gasteiger partial charge in [-0.25, -0.2) is 0 Å². The molecule has 5 heteroatoms. The van der Waals surface area contributed by atoms with E-state index in [4.69, 9.17) is 4.74 Å². The molecule has 2 aromatic carbocycles. The third-order valence-corrected chi connectivity index (χ3v) is 6.55. The van der Waals surface area contributed by atoms with E-state index >= 15 is 0 Å². The van der Waals surface area contributed by atoms with E-state index in [1.807, 2.05) is 26.0 Å². The Morgan fingerprint density at radius 3 is 2.50 bits per heavy atom. The Balaban J connectivity index is 1.64. The Morgan fingerprint density at radius 2 is 1.81 bits per heavy atom. The molecule has 170 valence electrons. The summed E-state index contributed by atoms with van der Waals surface area (Å²) >= 11 is 0. The van der Waals surface area contributed by atoms with Crippen LogP contribution < -0.4 is 10.1 Å². The first-order chi connectivity index (χ1) is 15.4. The fraction of sp³-hybridized carbons (Fsp3) is 0.481. The number of aryl methyl sites for hydroxylation is 1. The lowest BCUT2D eigenvalue weighted by Gasteiger charge is -2.39. The normalized spacial score (nSPS) is 18.5. The summed E-state index contributed by atoms with van der Waals surface area (Å²) in [7, 11) is 0. The molecule has 1 fully saturated rings. The molecule has 0 unspecified atom stereocenters.